The predicted molar refractivity (Wildman–Crippen MR) is 108 cm³/mol. The van der Waals surface area contributed by atoms with E-state index in [1.165, 1.54) is 11.1 Å². The third kappa shape index (κ3) is 6.03. The Labute approximate surface area is 177 Å². The molecule has 0 bridgehead atoms. The SMILES string of the molecule is COC([c-]1cccc1)C(Cc1ccc(C)cc1)n1cncn1.[Fe+2].c1cc[cH-]c1. The van der Waals surface area contributed by atoms with Gasteiger partial charge in [-0.05, 0) is 18.9 Å². The molecule has 2 atom stereocenters. The normalized spacial score (nSPS) is 12.4. The molecule has 4 nitrogen and oxygen atoms in total. The monoisotopic (exact) mass is 415 g/mol. The zero-order valence-electron chi connectivity index (χ0n) is 16.1. The maximum Gasteiger partial charge on any atom is 2.00 e. The number of ether oxygens (including phenoxy) is 1. The Hall–Kier alpha value is -2.46. The van der Waals surface area contributed by atoms with Crippen LogP contribution in [0.1, 0.15) is 28.8 Å². The number of hydrogen-bond acceptors (Lipinski definition) is 3. The van der Waals surface area contributed by atoms with E-state index in [0.29, 0.717) is 0 Å². The molecule has 0 saturated heterocycles. The van der Waals surface area contributed by atoms with Gasteiger partial charge in [0, 0.05) is 7.11 Å². The number of methoxy groups -OCH3 is 1. The molecule has 4 rings (SSSR count). The first-order valence-electron chi connectivity index (χ1n) is 9.08. The first kappa shape index (κ1) is 21.8. The third-order valence-corrected chi connectivity index (χ3v) is 4.52. The molecule has 0 radical (unpaired) electrons. The Morgan fingerprint density at radius 1 is 1.07 bits per heavy atom. The van der Waals surface area contributed by atoms with Crippen LogP contribution in [0.2, 0.25) is 0 Å². The minimum absolute atomic E-state index is 0. The average molecular weight is 415 g/mol. The van der Waals surface area contributed by atoms with Crippen LogP contribution < -0.4 is 0 Å². The Balaban J connectivity index is 0.000000408. The summed E-state index contributed by atoms with van der Waals surface area (Å²) in [4.78, 5) is 4.09. The maximum absolute atomic E-state index is 5.79. The molecule has 3 aromatic carbocycles. The summed E-state index contributed by atoms with van der Waals surface area (Å²) in [5, 5.41) is 4.33. The van der Waals surface area contributed by atoms with E-state index in [1.54, 1.807) is 19.8 Å². The molecule has 0 aliphatic carbocycles. The smallest absolute Gasteiger partial charge is 0.387 e. The van der Waals surface area contributed by atoms with Gasteiger partial charge in [-0.25, -0.2) is 33.9 Å². The number of benzene rings is 1. The zero-order valence-corrected chi connectivity index (χ0v) is 17.2. The van der Waals surface area contributed by atoms with Crippen molar-refractivity contribution in [1.82, 2.24) is 14.8 Å². The minimum Gasteiger partial charge on any atom is -0.387 e. The molecule has 0 saturated carbocycles. The molecule has 0 N–H and O–H groups in total. The van der Waals surface area contributed by atoms with Crippen molar-refractivity contribution in [1.29, 1.82) is 0 Å². The number of nitrogens with zero attached hydrogens (tertiary/aromatic N) is 3. The Bertz CT molecular complexity index is 836. The number of rotatable bonds is 6. The van der Waals surface area contributed by atoms with E-state index in [4.69, 9.17) is 4.74 Å². The van der Waals surface area contributed by atoms with E-state index in [-0.39, 0.29) is 29.2 Å². The van der Waals surface area contributed by atoms with Gasteiger partial charge in [-0.15, -0.1) is 5.56 Å². The van der Waals surface area contributed by atoms with E-state index < -0.39 is 0 Å². The fraction of sp³-hybridized carbons (Fsp3) is 0.217. The van der Waals surface area contributed by atoms with E-state index in [1.807, 2.05) is 47.1 Å². The van der Waals surface area contributed by atoms with E-state index in [0.717, 1.165) is 12.0 Å². The molecule has 2 unspecified atom stereocenters. The van der Waals surface area contributed by atoms with Gasteiger partial charge < -0.3 is 4.74 Å². The number of aryl methyl sites for hydroxylation is 1. The van der Waals surface area contributed by atoms with Crippen LogP contribution in [0.25, 0.3) is 0 Å². The summed E-state index contributed by atoms with van der Waals surface area (Å²) >= 11 is 0. The van der Waals surface area contributed by atoms with Gasteiger partial charge in [-0.1, -0.05) is 29.8 Å². The van der Waals surface area contributed by atoms with Gasteiger partial charge in [0.2, 0.25) is 0 Å². The van der Waals surface area contributed by atoms with Crippen molar-refractivity contribution >= 4 is 0 Å². The second kappa shape index (κ2) is 11.4. The second-order valence-corrected chi connectivity index (χ2v) is 6.47. The molecule has 4 aromatic rings. The molecule has 1 heterocycles. The van der Waals surface area contributed by atoms with Gasteiger partial charge in [0.05, 0.1) is 12.1 Å². The van der Waals surface area contributed by atoms with Gasteiger partial charge in [-0.3, -0.25) is 0 Å². The van der Waals surface area contributed by atoms with Gasteiger partial charge in [-0.2, -0.15) is 35.4 Å². The van der Waals surface area contributed by atoms with Crippen molar-refractivity contribution in [2.45, 2.75) is 25.5 Å². The predicted octanol–water partition coefficient (Wildman–Crippen LogP) is 4.88. The van der Waals surface area contributed by atoms with Gasteiger partial charge in [0.1, 0.15) is 12.7 Å². The van der Waals surface area contributed by atoms with Crippen molar-refractivity contribution in [3.63, 3.8) is 0 Å². The van der Waals surface area contributed by atoms with Crippen LogP contribution in [0.3, 0.4) is 0 Å². The fourth-order valence-corrected chi connectivity index (χ4v) is 3.11. The van der Waals surface area contributed by atoms with E-state index >= 15 is 0 Å². The Morgan fingerprint density at radius 2 is 1.75 bits per heavy atom. The molecule has 0 spiro atoms. The molecule has 0 aliphatic heterocycles. The molecular formula is C23H25FeN3O. The summed E-state index contributed by atoms with van der Waals surface area (Å²) in [6, 6.07) is 26.9. The van der Waals surface area contributed by atoms with Crippen LogP contribution in [0.5, 0.6) is 0 Å². The molecule has 146 valence electrons. The van der Waals surface area contributed by atoms with Gasteiger partial charge in [0.15, 0.2) is 0 Å². The molecule has 0 fully saturated rings. The fourth-order valence-electron chi connectivity index (χ4n) is 3.11. The van der Waals surface area contributed by atoms with E-state index in [2.05, 4.69) is 53.4 Å². The Morgan fingerprint density at radius 3 is 2.25 bits per heavy atom. The van der Waals surface area contributed by atoms with Crippen molar-refractivity contribution < 1.29 is 21.8 Å². The standard InChI is InChI=1S/C18H20N3O.C5H5.Fe/c1-14-7-9-15(10-8-14)11-17(21-13-19-12-20-21)18(22-2)16-5-3-4-6-16;1-2-4-5-3-1;/h3-10,12-13,17-18H,11H2,1-2H3;1-5H;/q2*-1;+2. The second-order valence-electron chi connectivity index (χ2n) is 6.47. The molecular weight excluding hydrogens is 390 g/mol. The summed E-state index contributed by atoms with van der Waals surface area (Å²) in [5.74, 6) is 0. The summed E-state index contributed by atoms with van der Waals surface area (Å²) < 4.78 is 7.68. The summed E-state index contributed by atoms with van der Waals surface area (Å²) in [6.45, 7) is 2.10. The van der Waals surface area contributed by atoms with Crippen LogP contribution in [0.4, 0.5) is 0 Å². The zero-order chi connectivity index (χ0) is 18.9. The molecule has 5 heteroatoms. The van der Waals surface area contributed by atoms with Crippen LogP contribution in [0, 0.1) is 6.92 Å². The topological polar surface area (TPSA) is 39.9 Å². The summed E-state index contributed by atoms with van der Waals surface area (Å²) in [7, 11) is 1.75. The molecule has 28 heavy (non-hydrogen) atoms. The molecule has 1 aromatic heterocycles. The third-order valence-electron chi connectivity index (χ3n) is 4.52. The number of hydrogen-bond donors (Lipinski definition) is 0. The van der Waals surface area contributed by atoms with Crippen LogP contribution in [-0.2, 0) is 28.2 Å². The molecule has 0 aliphatic rings. The quantitative estimate of drug-likeness (QED) is 0.333. The van der Waals surface area contributed by atoms with Gasteiger partial charge >= 0.3 is 17.1 Å². The summed E-state index contributed by atoms with van der Waals surface area (Å²) in [5.41, 5.74) is 3.69. The summed E-state index contributed by atoms with van der Waals surface area (Å²) in [6.07, 6.45) is 4.11. The largest absolute Gasteiger partial charge is 2.00 e. The first-order chi connectivity index (χ1) is 13.3. The minimum atomic E-state index is -0.0574. The van der Waals surface area contributed by atoms with Crippen molar-refractivity contribution in [2.75, 3.05) is 7.11 Å². The van der Waals surface area contributed by atoms with Crippen LogP contribution in [-0.4, -0.2) is 21.9 Å². The van der Waals surface area contributed by atoms with Crippen molar-refractivity contribution in [3.8, 4) is 0 Å². The maximum atomic E-state index is 5.79. The van der Waals surface area contributed by atoms with Crippen molar-refractivity contribution in [2.24, 2.45) is 0 Å². The van der Waals surface area contributed by atoms with Crippen LogP contribution in [0.15, 0.2) is 91.5 Å². The average Bonchev–Trinajstić information content (AvgIpc) is 3.47. The number of aromatic nitrogens is 3. The Kier molecular flexibility index (Phi) is 8.89. The van der Waals surface area contributed by atoms with Gasteiger partial charge in [0.25, 0.3) is 0 Å². The first-order valence-corrected chi connectivity index (χ1v) is 9.08. The van der Waals surface area contributed by atoms with Crippen molar-refractivity contribution in [3.05, 3.63) is 108 Å². The molecule has 0 amide bonds. The van der Waals surface area contributed by atoms with Crippen LogP contribution >= 0.6 is 0 Å². The van der Waals surface area contributed by atoms with E-state index in [9.17, 15) is 0 Å².